The molecule has 0 aromatic carbocycles. The summed E-state index contributed by atoms with van der Waals surface area (Å²) in [5.41, 5.74) is -0.179. The van der Waals surface area contributed by atoms with E-state index in [4.69, 9.17) is 0 Å². The Balaban J connectivity index is 2.60. The quantitative estimate of drug-likeness (QED) is 0.740. The minimum Gasteiger partial charge on any atom is -0.300 e. The van der Waals surface area contributed by atoms with E-state index >= 15 is 0 Å². The predicted octanol–water partition coefficient (Wildman–Crippen LogP) is 1.05. The van der Waals surface area contributed by atoms with E-state index in [9.17, 15) is 9.59 Å². The number of hydrogen-bond donors (Lipinski definition) is 1. The number of nitrogens with one attached hydrogen (secondary N) is 1. The van der Waals surface area contributed by atoms with Crippen molar-refractivity contribution in [2.75, 3.05) is 5.75 Å². The number of carbonyl (C=O) groups excluding carboxylic acids is 1. The average Bonchev–Trinajstić information content (AvgIpc) is 2.50. The van der Waals surface area contributed by atoms with E-state index in [2.05, 4.69) is 10.2 Å². The van der Waals surface area contributed by atoms with Gasteiger partial charge < -0.3 is 0 Å². The van der Waals surface area contributed by atoms with Gasteiger partial charge in [-0.1, -0.05) is 18.7 Å². The molecule has 0 fully saturated rings. The van der Waals surface area contributed by atoms with Gasteiger partial charge in [-0.2, -0.15) is 0 Å². The second-order valence-corrected chi connectivity index (χ2v) is 4.33. The number of aromatic nitrogens is 3. The Bertz CT molecular complexity index is 383. The summed E-state index contributed by atoms with van der Waals surface area (Å²) in [7, 11) is 0. The van der Waals surface area contributed by atoms with Crippen LogP contribution in [0.5, 0.6) is 0 Å². The first-order valence-electron chi connectivity index (χ1n) is 4.92. The molecule has 0 saturated carbocycles. The van der Waals surface area contributed by atoms with Crippen LogP contribution in [0, 0.1) is 0 Å². The van der Waals surface area contributed by atoms with Gasteiger partial charge in [0, 0.05) is 18.7 Å². The first-order valence-corrected chi connectivity index (χ1v) is 5.91. The van der Waals surface area contributed by atoms with Gasteiger partial charge in [-0.15, -0.1) is 5.10 Å². The maximum Gasteiger partial charge on any atom is 0.343 e. The number of ketones is 1. The molecule has 0 aliphatic heterocycles. The van der Waals surface area contributed by atoms with Crippen LogP contribution in [0.25, 0.3) is 0 Å². The summed E-state index contributed by atoms with van der Waals surface area (Å²) in [5, 5.41) is 6.99. The molecule has 0 aliphatic carbocycles. The molecule has 0 saturated heterocycles. The van der Waals surface area contributed by atoms with Crippen LogP contribution in [0.2, 0.25) is 0 Å². The van der Waals surface area contributed by atoms with E-state index in [0.29, 0.717) is 23.9 Å². The van der Waals surface area contributed by atoms with Gasteiger partial charge in [0.05, 0.1) is 0 Å². The Labute approximate surface area is 92.3 Å². The number of thioether (sulfide) groups is 1. The van der Waals surface area contributed by atoms with Crippen molar-refractivity contribution in [2.24, 2.45) is 0 Å². The summed E-state index contributed by atoms with van der Waals surface area (Å²) in [6.07, 6.45) is 1.40. The smallest absolute Gasteiger partial charge is 0.300 e. The molecule has 0 amide bonds. The van der Waals surface area contributed by atoms with Gasteiger partial charge in [0.15, 0.2) is 5.16 Å². The summed E-state index contributed by atoms with van der Waals surface area (Å²) in [5.74, 6) is 0.825. The molecule has 1 N–H and O–H groups in total. The van der Waals surface area contributed by atoms with Crippen molar-refractivity contribution in [2.45, 2.75) is 38.4 Å². The Morgan fingerprint density at radius 2 is 2.33 bits per heavy atom. The Kier molecular flexibility index (Phi) is 4.61. The lowest BCUT2D eigenvalue weighted by Crippen LogP contribution is -2.17. The van der Waals surface area contributed by atoms with Gasteiger partial charge in [0.25, 0.3) is 0 Å². The van der Waals surface area contributed by atoms with E-state index in [0.717, 1.165) is 6.42 Å². The van der Waals surface area contributed by atoms with Crippen LogP contribution < -0.4 is 5.69 Å². The molecule has 1 aromatic heterocycles. The highest BCUT2D eigenvalue weighted by Crippen LogP contribution is 2.14. The van der Waals surface area contributed by atoms with Crippen molar-refractivity contribution < 1.29 is 4.79 Å². The number of hydrogen-bond acceptors (Lipinski definition) is 4. The van der Waals surface area contributed by atoms with E-state index in [1.165, 1.54) is 11.8 Å². The van der Waals surface area contributed by atoms with E-state index in [1.54, 1.807) is 11.5 Å². The van der Waals surface area contributed by atoms with Gasteiger partial charge in [-0.05, 0) is 13.3 Å². The third-order valence-electron chi connectivity index (χ3n) is 1.86. The minimum absolute atomic E-state index is 0.155. The molecule has 15 heavy (non-hydrogen) atoms. The highest BCUT2D eigenvalue weighted by Gasteiger charge is 2.07. The van der Waals surface area contributed by atoms with Crippen LogP contribution in [-0.4, -0.2) is 26.3 Å². The van der Waals surface area contributed by atoms with Gasteiger partial charge in [-0.3, -0.25) is 9.36 Å². The molecule has 1 aromatic rings. The van der Waals surface area contributed by atoms with Crippen molar-refractivity contribution in [3.8, 4) is 0 Å². The molecule has 1 rings (SSSR count). The lowest BCUT2D eigenvalue weighted by atomic mass is 10.4. The van der Waals surface area contributed by atoms with E-state index in [1.807, 2.05) is 6.92 Å². The zero-order chi connectivity index (χ0) is 11.3. The second-order valence-electron chi connectivity index (χ2n) is 3.26. The second kappa shape index (κ2) is 5.75. The van der Waals surface area contributed by atoms with Gasteiger partial charge in [0.1, 0.15) is 5.78 Å². The molecule has 5 nitrogen and oxygen atoms in total. The van der Waals surface area contributed by atoms with Gasteiger partial charge in [0.2, 0.25) is 0 Å². The number of Topliss-reactive ketones (excluding diaryl/α,β-unsaturated/α-hetero) is 1. The third-order valence-corrected chi connectivity index (χ3v) is 2.83. The van der Waals surface area contributed by atoms with Crippen LogP contribution in [-0.2, 0) is 11.3 Å². The fourth-order valence-corrected chi connectivity index (χ4v) is 2.13. The van der Waals surface area contributed by atoms with Gasteiger partial charge in [-0.25, -0.2) is 9.89 Å². The molecule has 0 radical (unpaired) electrons. The largest absolute Gasteiger partial charge is 0.343 e. The zero-order valence-electron chi connectivity index (χ0n) is 8.95. The first kappa shape index (κ1) is 12.0. The molecular weight excluding hydrogens is 214 g/mol. The van der Waals surface area contributed by atoms with Crippen LogP contribution >= 0.6 is 11.8 Å². The standard InChI is InChI=1S/C9H15N3O2S/c1-3-5-12-8(14)10-11-9(12)15-6-4-7(2)13/h3-6H2,1-2H3,(H,10,14). The maximum absolute atomic E-state index is 11.3. The monoisotopic (exact) mass is 229 g/mol. The number of carbonyl (C=O) groups is 1. The number of aromatic amines is 1. The summed E-state index contributed by atoms with van der Waals surface area (Å²) < 4.78 is 1.60. The van der Waals surface area contributed by atoms with Crippen LogP contribution in [0.3, 0.4) is 0 Å². The van der Waals surface area contributed by atoms with Crippen molar-refractivity contribution in [1.29, 1.82) is 0 Å². The van der Waals surface area contributed by atoms with Crippen LogP contribution in [0.4, 0.5) is 0 Å². The molecule has 0 aliphatic rings. The Hall–Kier alpha value is -1.04. The van der Waals surface area contributed by atoms with Crippen LogP contribution in [0.1, 0.15) is 26.7 Å². The highest BCUT2D eigenvalue weighted by molar-refractivity contribution is 7.99. The van der Waals surface area contributed by atoms with Crippen molar-refractivity contribution in [3.63, 3.8) is 0 Å². The Morgan fingerprint density at radius 3 is 2.93 bits per heavy atom. The molecule has 0 bridgehead atoms. The lowest BCUT2D eigenvalue weighted by Gasteiger charge is -2.01. The normalized spacial score (nSPS) is 10.5. The highest BCUT2D eigenvalue weighted by atomic mass is 32.2. The molecule has 0 spiro atoms. The fraction of sp³-hybridized carbons (Fsp3) is 0.667. The zero-order valence-corrected chi connectivity index (χ0v) is 9.76. The third kappa shape index (κ3) is 3.54. The Morgan fingerprint density at radius 1 is 1.60 bits per heavy atom. The first-order chi connectivity index (χ1) is 7.15. The van der Waals surface area contributed by atoms with Crippen molar-refractivity contribution in [3.05, 3.63) is 10.5 Å². The average molecular weight is 229 g/mol. The molecule has 0 atom stereocenters. The molecular formula is C9H15N3O2S. The molecule has 1 heterocycles. The number of nitrogens with zero attached hydrogens (tertiary/aromatic N) is 2. The lowest BCUT2D eigenvalue weighted by molar-refractivity contribution is -0.116. The topological polar surface area (TPSA) is 67.8 Å². The maximum atomic E-state index is 11.3. The number of H-pyrrole nitrogens is 1. The summed E-state index contributed by atoms with van der Waals surface area (Å²) in [6, 6.07) is 0. The summed E-state index contributed by atoms with van der Waals surface area (Å²) in [6.45, 7) is 4.23. The summed E-state index contributed by atoms with van der Waals surface area (Å²) >= 11 is 1.44. The van der Waals surface area contributed by atoms with E-state index in [-0.39, 0.29) is 11.5 Å². The van der Waals surface area contributed by atoms with Gasteiger partial charge >= 0.3 is 5.69 Å². The minimum atomic E-state index is -0.179. The van der Waals surface area contributed by atoms with Crippen LogP contribution in [0.15, 0.2) is 9.95 Å². The molecule has 6 heteroatoms. The molecule has 84 valence electrons. The van der Waals surface area contributed by atoms with Crippen molar-refractivity contribution in [1.82, 2.24) is 14.8 Å². The van der Waals surface area contributed by atoms with E-state index < -0.39 is 0 Å². The molecule has 0 unspecified atom stereocenters. The SMILES string of the molecule is CCCn1c(SCCC(C)=O)n[nH]c1=O. The fourth-order valence-electron chi connectivity index (χ4n) is 1.12. The number of rotatable bonds is 6. The van der Waals surface area contributed by atoms with Crippen molar-refractivity contribution >= 4 is 17.5 Å². The predicted molar refractivity (Wildman–Crippen MR) is 59.2 cm³/mol. The summed E-state index contributed by atoms with van der Waals surface area (Å²) in [4.78, 5) is 22.0.